The zero-order valence-electron chi connectivity index (χ0n) is 18.4. The van der Waals surface area contributed by atoms with Crippen LogP contribution in [0.3, 0.4) is 0 Å². The molecule has 5 rings (SSSR count). The molecule has 3 atom stereocenters. The van der Waals surface area contributed by atoms with E-state index in [4.69, 9.17) is 22.2 Å². The van der Waals surface area contributed by atoms with Gasteiger partial charge in [-0.2, -0.15) is 5.06 Å². The Labute approximate surface area is 201 Å². The first-order valence-electron chi connectivity index (χ1n) is 10.9. The average molecular weight is 476 g/mol. The molecular weight excluding hydrogens is 454 g/mol. The molecule has 0 aromatic heterocycles. The first-order valence-corrected chi connectivity index (χ1v) is 11.2. The number of hydrogen-bond acceptors (Lipinski definition) is 5. The van der Waals surface area contributed by atoms with Crippen LogP contribution in [0.5, 0.6) is 0 Å². The van der Waals surface area contributed by atoms with Gasteiger partial charge in [-0.1, -0.05) is 72.3 Å². The van der Waals surface area contributed by atoms with Crippen LogP contribution in [0.2, 0.25) is 5.02 Å². The number of hydrogen-bond donors (Lipinski definition) is 1. The maximum atomic E-state index is 13.5. The highest BCUT2D eigenvalue weighted by molar-refractivity contribution is 6.32. The predicted molar refractivity (Wildman–Crippen MR) is 128 cm³/mol. The minimum absolute atomic E-state index is 0.241. The topological polar surface area (TPSA) is 92.9 Å². The van der Waals surface area contributed by atoms with Gasteiger partial charge in [0.25, 0.3) is 5.91 Å². The summed E-state index contributed by atoms with van der Waals surface area (Å²) in [6, 6.07) is 21.9. The minimum Gasteiger partial charge on any atom is -0.368 e. The van der Waals surface area contributed by atoms with Gasteiger partial charge in [0.1, 0.15) is 6.54 Å². The second-order valence-corrected chi connectivity index (χ2v) is 8.88. The van der Waals surface area contributed by atoms with E-state index in [0.29, 0.717) is 10.7 Å². The molecule has 2 aliphatic heterocycles. The second kappa shape index (κ2) is 8.68. The average Bonchev–Trinajstić information content (AvgIpc) is 3.31. The van der Waals surface area contributed by atoms with Gasteiger partial charge in [0.15, 0.2) is 6.10 Å². The van der Waals surface area contributed by atoms with E-state index in [2.05, 4.69) is 0 Å². The standard InChI is InChI=1S/C26H22ClN3O4/c1-15-7-12-19(13-20(15)27)30-25(32)22-23(29(14-21(28)31)34-24(22)26(30)33)18-10-8-17(9-11-18)16-5-3-2-4-6-16/h2-13,22-24H,14H2,1H3,(H2,28,31). The van der Waals surface area contributed by atoms with Crippen molar-refractivity contribution in [3.05, 3.63) is 88.9 Å². The minimum atomic E-state index is -1.05. The van der Waals surface area contributed by atoms with Gasteiger partial charge in [0.2, 0.25) is 11.8 Å². The lowest BCUT2D eigenvalue weighted by molar-refractivity contribution is -0.175. The lowest BCUT2D eigenvalue weighted by Crippen LogP contribution is -2.40. The molecule has 3 unspecified atom stereocenters. The van der Waals surface area contributed by atoms with Gasteiger partial charge in [-0.15, -0.1) is 0 Å². The summed E-state index contributed by atoms with van der Waals surface area (Å²) < 4.78 is 0. The van der Waals surface area contributed by atoms with E-state index in [1.165, 1.54) is 5.06 Å². The van der Waals surface area contributed by atoms with Gasteiger partial charge in [0, 0.05) is 5.02 Å². The number of halogens is 1. The third-order valence-corrected chi connectivity index (χ3v) is 6.69. The number of nitrogens with zero attached hydrogens (tertiary/aromatic N) is 2. The number of carbonyl (C=O) groups is 3. The summed E-state index contributed by atoms with van der Waals surface area (Å²) in [6.07, 6.45) is -1.05. The maximum Gasteiger partial charge on any atom is 0.265 e. The van der Waals surface area contributed by atoms with Crippen molar-refractivity contribution < 1.29 is 19.2 Å². The molecule has 3 aromatic rings. The molecule has 2 aliphatic rings. The van der Waals surface area contributed by atoms with Gasteiger partial charge >= 0.3 is 0 Å². The zero-order valence-corrected chi connectivity index (χ0v) is 19.1. The Morgan fingerprint density at radius 2 is 1.65 bits per heavy atom. The number of amides is 3. The van der Waals surface area contributed by atoms with Gasteiger partial charge in [-0.3, -0.25) is 19.2 Å². The highest BCUT2D eigenvalue weighted by Crippen LogP contribution is 2.46. The Hall–Kier alpha value is -3.52. The van der Waals surface area contributed by atoms with E-state index in [9.17, 15) is 14.4 Å². The highest BCUT2D eigenvalue weighted by atomic mass is 35.5. The van der Waals surface area contributed by atoms with Crippen LogP contribution in [-0.4, -0.2) is 35.4 Å². The lowest BCUT2D eigenvalue weighted by Gasteiger charge is -2.26. The van der Waals surface area contributed by atoms with Crippen LogP contribution >= 0.6 is 11.6 Å². The summed E-state index contributed by atoms with van der Waals surface area (Å²) >= 11 is 6.24. The molecule has 2 heterocycles. The SMILES string of the molecule is Cc1ccc(N2C(=O)C3ON(CC(N)=O)C(c4ccc(-c5ccccc5)cc4)C3C2=O)cc1Cl. The molecule has 2 saturated heterocycles. The summed E-state index contributed by atoms with van der Waals surface area (Å²) in [6.45, 7) is 1.60. The number of anilines is 1. The Kier molecular flexibility index (Phi) is 5.69. The Balaban J connectivity index is 1.51. The molecule has 3 aromatic carbocycles. The predicted octanol–water partition coefficient (Wildman–Crippen LogP) is 3.65. The summed E-state index contributed by atoms with van der Waals surface area (Å²) in [7, 11) is 0. The molecule has 0 bridgehead atoms. The smallest absolute Gasteiger partial charge is 0.265 e. The van der Waals surface area contributed by atoms with Crippen LogP contribution in [-0.2, 0) is 19.2 Å². The lowest BCUT2D eigenvalue weighted by atomic mass is 9.90. The molecular formula is C26H22ClN3O4. The number of primary amides is 1. The Morgan fingerprint density at radius 1 is 0.971 bits per heavy atom. The van der Waals surface area contributed by atoms with Crippen LogP contribution in [0.1, 0.15) is 17.2 Å². The third-order valence-electron chi connectivity index (χ3n) is 6.28. The van der Waals surface area contributed by atoms with Crippen LogP contribution in [0.15, 0.2) is 72.8 Å². The van der Waals surface area contributed by atoms with E-state index >= 15 is 0 Å². The van der Waals surface area contributed by atoms with Crippen LogP contribution in [0.25, 0.3) is 11.1 Å². The van der Waals surface area contributed by atoms with E-state index in [-0.39, 0.29) is 6.54 Å². The van der Waals surface area contributed by atoms with Crippen molar-refractivity contribution in [2.45, 2.75) is 19.1 Å². The quantitative estimate of drug-likeness (QED) is 0.568. The summed E-state index contributed by atoms with van der Waals surface area (Å²) in [4.78, 5) is 45.5. The first-order chi connectivity index (χ1) is 16.3. The van der Waals surface area contributed by atoms with Gasteiger partial charge < -0.3 is 5.73 Å². The zero-order chi connectivity index (χ0) is 24.0. The summed E-state index contributed by atoms with van der Waals surface area (Å²) in [5, 5.41) is 1.81. The van der Waals surface area contributed by atoms with Crippen LogP contribution < -0.4 is 10.6 Å². The van der Waals surface area contributed by atoms with Crippen molar-refractivity contribution in [2.24, 2.45) is 11.7 Å². The number of imide groups is 1. The molecule has 8 heteroatoms. The fourth-order valence-corrected chi connectivity index (χ4v) is 4.79. The normalized spacial score (nSPS) is 22.3. The number of rotatable bonds is 5. The summed E-state index contributed by atoms with van der Waals surface area (Å²) in [5.41, 5.74) is 9.46. The van der Waals surface area contributed by atoms with Crippen LogP contribution in [0.4, 0.5) is 5.69 Å². The van der Waals surface area contributed by atoms with Crippen molar-refractivity contribution in [2.75, 3.05) is 11.4 Å². The number of fused-ring (bicyclic) bond motifs is 1. The molecule has 3 amide bonds. The second-order valence-electron chi connectivity index (χ2n) is 8.47. The van der Waals surface area contributed by atoms with Crippen molar-refractivity contribution in [3.8, 4) is 11.1 Å². The largest absolute Gasteiger partial charge is 0.368 e. The Morgan fingerprint density at radius 3 is 2.29 bits per heavy atom. The fraction of sp³-hybridized carbons (Fsp3) is 0.192. The molecule has 0 radical (unpaired) electrons. The van der Waals surface area contributed by atoms with E-state index in [1.807, 2.05) is 61.5 Å². The molecule has 2 N–H and O–H groups in total. The molecule has 34 heavy (non-hydrogen) atoms. The van der Waals surface area contributed by atoms with E-state index < -0.39 is 35.8 Å². The first kappa shape index (κ1) is 22.3. The van der Waals surface area contributed by atoms with Gasteiger partial charge in [-0.05, 0) is 41.3 Å². The van der Waals surface area contributed by atoms with Crippen molar-refractivity contribution >= 4 is 35.0 Å². The third kappa shape index (κ3) is 3.77. The van der Waals surface area contributed by atoms with E-state index in [1.54, 1.807) is 18.2 Å². The maximum absolute atomic E-state index is 13.5. The Bertz CT molecular complexity index is 1280. The molecule has 0 aliphatic carbocycles. The number of nitrogens with two attached hydrogens (primary N) is 1. The molecule has 0 spiro atoms. The summed E-state index contributed by atoms with van der Waals surface area (Å²) in [5.74, 6) is -2.34. The molecule has 0 saturated carbocycles. The van der Waals surface area contributed by atoms with Crippen molar-refractivity contribution in [1.29, 1.82) is 0 Å². The number of hydroxylamine groups is 2. The monoisotopic (exact) mass is 475 g/mol. The highest BCUT2D eigenvalue weighted by Gasteiger charge is 2.60. The van der Waals surface area contributed by atoms with Crippen molar-refractivity contribution in [1.82, 2.24) is 5.06 Å². The fourth-order valence-electron chi connectivity index (χ4n) is 4.61. The molecule has 2 fully saturated rings. The number of aryl methyl sites for hydroxylation is 1. The van der Waals surface area contributed by atoms with Crippen LogP contribution in [0, 0.1) is 12.8 Å². The van der Waals surface area contributed by atoms with E-state index in [0.717, 1.165) is 27.2 Å². The van der Waals surface area contributed by atoms with Gasteiger partial charge in [-0.25, -0.2) is 4.90 Å². The molecule has 7 nitrogen and oxygen atoms in total. The molecule has 172 valence electrons. The van der Waals surface area contributed by atoms with Crippen molar-refractivity contribution in [3.63, 3.8) is 0 Å². The number of benzene rings is 3. The van der Waals surface area contributed by atoms with Gasteiger partial charge in [0.05, 0.1) is 17.6 Å². The number of carbonyl (C=O) groups excluding carboxylic acids is 3.